The Hall–Kier alpha value is -3.24. The summed E-state index contributed by atoms with van der Waals surface area (Å²) in [5, 5.41) is 14.4. The van der Waals surface area contributed by atoms with Crippen LogP contribution in [0.1, 0.15) is 22.1 Å². The molecule has 3 aromatic heterocycles. The molecule has 0 fully saturated rings. The van der Waals surface area contributed by atoms with Crippen LogP contribution in [0.5, 0.6) is 0 Å². The number of H-pyrrole nitrogens is 1. The number of hydrogen-bond donors (Lipinski definition) is 2. The van der Waals surface area contributed by atoms with Gasteiger partial charge in [0, 0.05) is 36.8 Å². The second kappa shape index (κ2) is 8.36. The van der Waals surface area contributed by atoms with Gasteiger partial charge in [-0.1, -0.05) is 30.9 Å². The minimum absolute atomic E-state index is 0.0262. The van der Waals surface area contributed by atoms with Crippen LogP contribution < -0.4 is 0 Å². The molecular formula is C22H27N5O4Si. The number of ether oxygens (including phenoxy) is 1. The molecule has 9 nitrogen and oxygen atoms in total. The Morgan fingerprint density at radius 1 is 1.22 bits per heavy atom. The van der Waals surface area contributed by atoms with Crippen molar-refractivity contribution in [2.75, 3.05) is 6.61 Å². The number of aromatic amines is 1. The van der Waals surface area contributed by atoms with Gasteiger partial charge < -0.3 is 19.4 Å². The van der Waals surface area contributed by atoms with E-state index in [4.69, 9.17) is 9.26 Å². The van der Waals surface area contributed by atoms with E-state index in [1.807, 2.05) is 31.2 Å². The topological polar surface area (TPSA) is 119 Å². The number of carboxylic acids is 1. The second-order valence-electron chi connectivity index (χ2n) is 9.08. The highest BCUT2D eigenvalue weighted by atomic mass is 28.3. The number of benzene rings is 1. The normalized spacial score (nSPS) is 12.0. The van der Waals surface area contributed by atoms with Gasteiger partial charge in [-0.25, -0.2) is 9.78 Å². The van der Waals surface area contributed by atoms with Crippen molar-refractivity contribution in [2.45, 2.75) is 46.3 Å². The molecule has 0 spiro atoms. The molecule has 0 aliphatic heterocycles. The Morgan fingerprint density at radius 2 is 2.00 bits per heavy atom. The highest BCUT2D eigenvalue weighted by Crippen LogP contribution is 2.30. The fourth-order valence-electron chi connectivity index (χ4n) is 3.46. The van der Waals surface area contributed by atoms with Crippen molar-refractivity contribution in [2.24, 2.45) is 0 Å². The Kier molecular flexibility index (Phi) is 5.74. The first-order valence-electron chi connectivity index (χ1n) is 10.4. The van der Waals surface area contributed by atoms with Crippen molar-refractivity contribution in [1.29, 1.82) is 0 Å². The van der Waals surface area contributed by atoms with Crippen LogP contribution in [-0.4, -0.2) is 50.4 Å². The highest BCUT2D eigenvalue weighted by Gasteiger charge is 2.21. The standard InChI is InChI=1S/C22H27N5O4Si/c1-13-19(25-20(22(28)29)27(13)12-30-8-9-32(3,4)5)15-6-7-17-16(10-15)11-18(24-17)21-23-14(2)26-31-21/h6-7,10-11,24H,8-9,12H2,1-5H3,(H,28,29). The van der Waals surface area contributed by atoms with Gasteiger partial charge in [-0.05, 0) is 38.1 Å². The third kappa shape index (κ3) is 4.51. The predicted molar refractivity (Wildman–Crippen MR) is 123 cm³/mol. The lowest BCUT2D eigenvalue weighted by molar-refractivity contribution is 0.0609. The maximum Gasteiger partial charge on any atom is 0.372 e. The van der Waals surface area contributed by atoms with Crippen molar-refractivity contribution in [3.05, 3.63) is 41.6 Å². The number of aromatic nitrogens is 5. The molecule has 10 heteroatoms. The maximum absolute atomic E-state index is 11.8. The van der Waals surface area contributed by atoms with Gasteiger partial charge in [-0.15, -0.1) is 0 Å². The van der Waals surface area contributed by atoms with E-state index in [-0.39, 0.29) is 12.6 Å². The molecule has 168 valence electrons. The van der Waals surface area contributed by atoms with Crippen LogP contribution in [0.2, 0.25) is 25.7 Å². The molecule has 2 N–H and O–H groups in total. The van der Waals surface area contributed by atoms with E-state index in [9.17, 15) is 9.90 Å². The quantitative estimate of drug-likeness (QED) is 0.293. The minimum atomic E-state index is -1.22. The average molecular weight is 454 g/mol. The minimum Gasteiger partial charge on any atom is -0.475 e. The van der Waals surface area contributed by atoms with Crippen molar-refractivity contribution >= 4 is 24.9 Å². The lowest BCUT2D eigenvalue weighted by Crippen LogP contribution is -2.22. The summed E-state index contributed by atoms with van der Waals surface area (Å²) in [6, 6.07) is 8.76. The van der Waals surface area contributed by atoms with Crippen LogP contribution in [0.15, 0.2) is 28.8 Å². The number of nitrogens with one attached hydrogen (secondary N) is 1. The number of imidazole rings is 1. The van der Waals surface area contributed by atoms with E-state index in [1.54, 1.807) is 11.5 Å². The van der Waals surface area contributed by atoms with Gasteiger partial charge in [0.2, 0.25) is 5.82 Å². The first-order valence-corrected chi connectivity index (χ1v) is 14.1. The van der Waals surface area contributed by atoms with Crippen LogP contribution >= 0.6 is 0 Å². The third-order valence-corrected chi connectivity index (χ3v) is 6.99. The van der Waals surface area contributed by atoms with E-state index in [2.05, 4.69) is 39.7 Å². The van der Waals surface area contributed by atoms with Crippen LogP contribution in [0.25, 0.3) is 33.7 Å². The van der Waals surface area contributed by atoms with Crippen LogP contribution in [0.4, 0.5) is 0 Å². The Bertz CT molecular complexity index is 1280. The third-order valence-electron chi connectivity index (χ3n) is 5.28. The largest absolute Gasteiger partial charge is 0.475 e. The molecule has 3 heterocycles. The van der Waals surface area contributed by atoms with Gasteiger partial charge in [-0.2, -0.15) is 4.98 Å². The molecule has 32 heavy (non-hydrogen) atoms. The van der Waals surface area contributed by atoms with Gasteiger partial charge in [0.1, 0.15) is 12.4 Å². The fourth-order valence-corrected chi connectivity index (χ4v) is 4.22. The van der Waals surface area contributed by atoms with Crippen LogP contribution in [-0.2, 0) is 11.5 Å². The number of carboxylic acid groups (broad SMARTS) is 1. The summed E-state index contributed by atoms with van der Waals surface area (Å²) in [5.74, 6) is -0.121. The average Bonchev–Trinajstić information content (AvgIpc) is 3.41. The van der Waals surface area contributed by atoms with Crippen molar-refractivity contribution in [3.63, 3.8) is 0 Å². The number of nitrogens with zero attached hydrogens (tertiary/aromatic N) is 4. The van der Waals surface area contributed by atoms with Gasteiger partial charge in [0.25, 0.3) is 5.89 Å². The first kappa shape index (κ1) is 22.0. The van der Waals surface area contributed by atoms with Crippen molar-refractivity contribution < 1.29 is 19.2 Å². The molecule has 4 rings (SSSR count). The molecule has 0 atom stereocenters. The molecule has 4 aromatic rings. The van der Waals surface area contributed by atoms with Gasteiger partial charge in [-0.3, -0.25) is 4.57 Å². The number of aromatic carboxylic acids is 1. The number of aryl methyl sites for hydroxylation is 1. The zero-order chi connectivity index (χ0) is 23.0. The van der Waals surface area contributed by atoms with E-state index in [0.29, 0.717) is 24.0 Å². The zero-order valence-corrected chi connectivity index (χ0v) is 19.9. The Morgan fingerprint density at radius 3 is 2.66 bits per heavy atom. The molecule has 0 saturated carbocycles. The molecule has 1 aromatic carbocycles. The molecule has 0 aliphatic carbocycles. The summed E-state index contributed by atoms with van der Waals surface area (Å²) >= 11 is 0. The Balaban J connectivity index is 1.64. The fraction of sp³-hybridized carbons (Fsp3) is 0.364. The van der Waals surface area contributed by atoms with Crippen molar-refractivity contribution in [3.8, 4) is 22.8 Å². The summed E-state index contributed by atoms with van der Waals surface area (Å²) in [4.78, 5) is 23.8. The number of hydrogen-bond acceptors (Lipinski definition) is 6. The first-order chi connectivity index (χ1) is 15.1. The van der Waals surface area contributed by atoms with E-state index >= 15 is 0 Å². The van der Waals surface area contributed by atoms with Crippen LogP contribution in [0, 0.1) is 13.8 Å². The zero-order valence-electron chi connectivity index (χ0n) is 18.9. The molecule has 0 radical (unpaired) electrons. The SMILES string of the molecule is Cc1noc(-c2cc3cc(-c4nc(C(=O)O)n(COCC[Si](C)(C)C)c4C)ccc3[nH]2)n1. The summed E-state index contributed by atoms with van der Waals surface area (Å²) in [6.45, 7) is 11.2. The lowest BCUT2D eigenvalue weighted by atomic mass is 10.1. The number of fused-ring (bicyclic) bond motifs is 1. The molecule has 0 bridgehead atoms. The molecule has 0 unspecified atom stereocenters. The predicted octanol–water partition coefficient (Wildman–Crippen LogP) is 4.71. The van der Waals surface area contributed by atoms with E-state index < -0.39 is 14.0 Å². The van der Waals surface area contributed by atoms with Crippen molar-refractivity contribution in [1.82, 2.24) is 24.7 Å². The summed E-state index contributed by atoms with van der Waals surface area (Å²) in [5.41, 5.74) is 3.82. The summed E-state index contributed by atoms with van der Waals surface area (Å²) < 4.78 is 12.7. The summed E-state index contributed by atoms with van der Waals surface area (Å²) in [7, 11) is -1.22. The second-order valence-corrected chi connectivity index (χ2v) is 14.7. The van der Waals surface area contributed by atoms with Crippen LogP contribution in [0.3, 0.4) is 0 Å². The molecule has 0 saturated heterocycles. The molecular weight excluding hydrogens is 426 g/mol. The highest BCUT2D eigenvalue weighted by molar-refractivity contribution is 6.76. The lowest BCUT2D eigenvalue weighted by Gasteiger charge is -2.16. The number of carbonyl (C=O) groups is 1. The number of rotatable bonds is 8. The maximum atomic E-state index is 11.8. The van der Waals surface area contributed by atoms with Gasteiger partial charge >= 0.3 is 5.97 Å². The smallest absolute Gasteiger partial charge is 0.372 e. The monoisotopic (exact) mass is 453 g/mol. The van der Waals surface area contributed by atoms with E-state index in [1.165, 1.54) is 0 Å². The Labute approximate surface area is 186 Å². The van der Waals surface area contributed by atoms with E-state index in [0.717, 1.165) is 33.9 Å². The van der Waals surface area contributed by atoms with Gasteiger partial charge in [0.15, 0.2) is 5.82 Å². The van der Waals surface area contributed by atoms with Gasteiger partial charge in [0.05, 0.1) is 5.69 Å². The molecule has 0 aliphatic rings. The molecule has 0 amide bonds. The summed E-state index contributed by atoms with van der Waals surface area (Å²) in [6.07, 6.45) is 0.